The van der Waals surface area contributed by atoms with Crippen molar-refractivity contribution >= 4 is 0 Å². The number of hydrogen-bond acceptors (Lipinski definition) is 6. The minimum Gasteiger partial charge on any atom is -0.493 e. The first kappa shape index (κ1) is 24.0. The molecular formula is C20H17F3N3O3Y-. The van der Waals surface area contributed by atoms with Crippen LogP contribution >= 0.6 is 0 Å². The van der Waals surface area contributed by atoms with E-state index in [1.807, 2.05) is 0 Å². The Labute approximate surface area is 196 Å². The van der Waals surface area contributed by atoms with Crippen LogP contribution in [0.5, 0.6) is 5.88 Å². The van der Waals surface area contributed by atoms with E-state index in [-0.39, 0.29) is 56.8 Å². The number of nitrogens with zero attached hydrogens (tertiary/aromatic N) is 3. The van der Waals surface area contributed by atoms with Gasteiger partial charge < -0.3 is 14.3 Å². The van der Waals surface area contributed by atoms with Crippen molar-refractivity contribution in [3.8, 4) is 17.5 Å². The number of halogens is 3. The molecule has 1 N–H and O–H groups in total. The third-order valence-electron chi connectivity index (χ3n) is 4.08. The van der Waals surface area contributed by atoms with Crippen molar-refractivity contribution in [2.75, 3.05) is 0 Å². The summed E-state index contributed by atoms with van der Waals surface area (Å²) in [5, 5.41) is 16.7. The van der Waals surface area contributed by atoms with Crippen molar-refractivity contribution < 1.29 is 60.1 Å². The fourth-order valence-corrected chi connectivity index (χ4v) is 2.59. The molecule has 3 aromatic rings. The fraction of sp³-hybridized carbons (Fsp3) is 0.200. The summed E-state index contributed by atoms with van der Waals surface area (Å²) in [4.78, 5) is 3.77. The summed E-state index contributed by atoms with van der Waals surface area (Å²) in [6.07, 6.45) is -3.02. The van der Waals surface area contributed by atoms with E-state index >= 15 is 0 Å². The van der Waals surface area contributed by atoms with Gasteiger partial charge in [-0.15, -0.1) is 10.2 Å². The van der Waals surface area contributed by atoms with Crippen LogP contribution in [0.15, 0.2) is 65.1 Å². The van der Waals surface area contributed by atoms with Crippen LogP contribution in [0.1, 0.15) is 17.9 Å². The Morgan fingerprint density at radius 1 is 1.07 bits per heavy atom. The molecule has 1 radical (unpaired) electrons. The van der Waals surface area contributed by atoms with Crippen molar-refractivity contribution in [3.63, 3.8) is 0 Å². The molecule has 1 atom stereocenters. The normalized spacial score (nSPS) is 13.7. The largest absolute Gasteiger partial charge is 0.493 e. The van der Waals surface area contributed by atoms with Crippen LogP contribution in [0.4, 0.5) is 13.2 Å². The summed E-state index contributed by atoms with van der Waals surface area (Å²) in [7, 11) is 0. The second-order valence-electron chi connectivity index (χ2n) is 6.07. The first-order valence-corrected chi connectivity index (χ1v) is 8.55. The summed E-state index contributed by atoms with van der Waals surface area (Å²) in [5.74, 6) is -1.37. The summed E-state index contributed by atoms with van der Waals surface area (Å²) < 4.78 is 53.3. The van der Waals surface area contributed by atoms with Gasteiger partial charge in [-0.25, -0.2) is 24.1 Å². The quantitative estimate of drug-likeness (QED) is 0.485. The Balaban J connectivity index is 0.00000320. The molecule has 30 heavy (non-hydrogen) atoms. The van der Waals surface area contributed by atoms with Crippen molar-refractivity contribution in [2.24, 2.45) is 0 Å². The average Bonchev–Trinajstić information content (AvgIpc) is 3.19. The van der Waals surface area contributed by atoms with E-state index in [4.69, 9.17) is 9.15 Å². The van der Waals surface area contributed by atoms with Crippen LogP contribution in [0.2, 0.25) is 0 Å². The molecule has 0 aliphatic carbocycles. The molecule has 6 nitrogen and oxygen atoms in total. The molecule has 0 aliphatic heterocycles. The smallest absolute Gasteiger partial charge is 0.425 e. The number of allylic oxidation sites excluding steroid dienone is 1. The molecule has 0 fully saturated rings. The zero-order valence-electron chi connectivity index (χ0n) is 15.7. The van der Waals surface area contributed by atoms with Crippen LogP contribution in [0, 0.1) is 6.92 Å². The summed E-state index contributed by atoms with van der Waals surface area (Å²) >= 11 is 0. The first-order chi connectivity index (χ1) is 13.9. The number of aromatic nitrogens is 3. The van der Waals surface area contributed by atoms with Gasteiger partial charge in [0, 0.05) is 38.8 Å². The third-order valence-corrected chi connectivity index (χ3v) is 4.08. The van der Waals surface area contributed by atoms with Crippen LogP contribution in [-0.2, 0) is 49.7 Å². The average molecular weight is 493 g/mol. The monoisotopic (exact) mass is 493 g/mol. The summed E-state index contributed by atoms with van der Waals surface area (Å²) in [6, 6.07) is 12.6. The predicted molar refractivity (Wildman–Crippen MR) is 97.3 cm³/mol. The third kappa shape index (κ3) is 5.27. The molecule has 2 heterocycles. The number of hydrogen-bond donors (Lipinski definition) is 1. The Morgan fingerprint density at radius 3 is 2.43 bits per heavy atom. The molecule has 3 rings (SSSR count). The van der Waals surface area contributed by atoms with Crippen LogP contribution in [-0.4, -0.2) is 26.5 Å². The molecule has 0 spiro atoms. The van der Waals surface area contributed by atoms with Crippen LogP contribution < -0.4 is 0 Å². The van der Waals surface area contributed by atoms with E-state index in [9.17, 15) is 18.3 Å². The Morgan fingerprint density at radius 2 is 1.80 bits per heavy atom. The van der Waals surface area contributed by atoms with Crippen molar-refractivity contribution in [3.05, 3.63) is 79.1 Å². The van der Waals surface area contributed by atoms with Gasteiger partial charge in [-0.2, -0.15) is 13.2 Å². The second-order valence-corrected chi connectivity index (χ2v) is 6.07. The zero-order chi connectivity index (χ0) is 20.9. The van der Waals surface area contributed by atoms with Gasteiger partial charge in [0.15, 0.2) is 0 Å². The first-order valence-electron chi connectivity index (χ1n) is 8.55. The van der Waals surface area contributed by atoms with Gasteiger partial charge in [-0.05, 0) is 11.6 Å². The Bertz CT molecular complexity index is 980. The van der Waals surface area contributed by atoms with Gasteiger partial charge >= 0.3 is 6.18 Å². The molecular weight excluding hydrogens is 476 g/mol. The van der Waals surface area contributed by atoms with Gasteiger partial charge in [0.2, 0.25) is 11.5 Å². The SMILES string of the molecule is [CH2-]/C=C\CC(OCc1ccccc1)(c1nnc(-c2cccc(O)n2)o1)C(F)(F)F.[Y]. The molecule has 0 saturated carbocycles. The number of benzene rings is 1. The zero-order valence-corrected chi connectivity index (χ0v) is 18.5. The minimum atomic E-state index is -4.86. The Hall–Kier alpha value is -2.23. The number of rotatable bonds is 7. The van der Waals surface area contributed by atoms with E-state index in [0.717, 1.165) is 0 Å². The minimum absolute atomic E-state index is 0. The van der Waals surface area contributed by atoms with Gasteiger partial charge in [-0.3, -0.25) is 0 Å². The molecule has 1 unspecified atom stereocenters. The molecule has 0 bridgehead atoms. The van der Waals surface area contributed by atoms with Gasteiger partial charge in [0.05, 0.1) is 6.61 Å². The van der Waals surface area contributed by atoms with Crippen molar-refractivity contribution in [1.29, 1.82) is 0 Å². The van der Waals surface area contributed by atoms with Crippen LogP contribution in [0.3, 0.4) is 0 Å². The van der Waals surface area contributed by atoms with E-state index in [0.29, 0.717) is 5.56 Å². The van der Waals surface area contributed by atoms with Gasteiger partial charge in [0.1, 0.15) is 5.69 Å². The number of aromatic hydroxyl groups is 1. The molecule has 0 saturated heterocycles. The molecule has 155 valence electrons. The van der Waals surface area contributed by atoms with Crippen molar-refractivity contribution in [1.82, 2.24) is 15.2 Å². The van der Waals surface area contributed by atoms with Gasteiger partial charge in [-0.1, -0.05) is 42.8 Å². The molecule has 2 aromatic heterocycles. The van der Waals surface area contributed by atoms with Crippen LogP contribution in [0.25, 0.3) is 11.6 Å². The predicted octanol–water partition coefficient (Wildman–Crippen LogP) is 4.59. The summed E-state index contributed by atoms with van der Waals surface area (Å²) in [5.41, 5.74) is -2.29. The second kappa shape index (κ2) is 10.2. The maximum absolute atomic E-state index is 14.2. The maximum atomic E-state index is 14.2. The van der Waals surface area contributed by atoms with E-state index in [2.05, 4.69) is 22.1 Å². The van der Waals surface area contributed by atoms with Gasteiger partial charge in [0.25, 0.3) is 11.8 Å². The van der Waals surface area contributed by atoms with Crippen molar-refractivity contribution in [2.45, 2.75) is 24.8 Å². The number of pyridine rings is 1. The number of ether oxygens (including phenoxy) is 1. The van der Waals surface area contributed by atoms with E-state index in [1.165, 1.54) is 30.4 Å². The maximum Gasteiger partial charge on any atom is 0.425 e. The molecule has 1 aromatic carbocycles. The Kier molecular flexibility index (Phi) is 8.17. The van der Waals surface area contributed by atoms with E-state index < -0.39 is 24.1 Å². The standard InChI is InChI=1S/C20H17F3N3O3.Y/c1-2-3-12-19(20(21,22)23,28-13-14-8-5-4-6-9-14)18-26-25-17(29-18)15-10-7-11-16(27)24-15;/h2-11H,1,12-13H2,(H,24,27);/q-1;/b3-2-;. The topological polar surface area (TPSA) is 81.3 Å². The summed E-state index contributed by atoms with van der Waals surface area (Å²) in [6.45, 7) is 3.11. The molecule has 0 amide bonds. The fourth-order valence-electron chi connectivity index (χ4n) is 2.59. The molecule has 0 aliphatic rings. The molecule has 10 heteroatoms. The van der Waals surface area contributed by atoms with E-state index in [1.54, 1.807) is 30.3 Å². The number of alkyl halides is 3.